The molecule has 0 saturated carbocycles. The summed E-state index contributed by atoms with van der Waals surface area (Å²) in [4.78, 5) is 13.9. The van der Waals surface area contributed by atoms with Gasteiger partial charge in [0, 0.05) is 17.1 Å². The third-order valence-corrected chi connectivity index (χ3v) is 3.35. The standard InChI is InChI=1S/C14H21BrN2O/c1-10(2)16-14(18)11(3)17(4)9-12-5-7-13(15)8-6-12/h5-8,10-11H,9H2,1-4H3,(H,16,18). The van der Waals surface area contributed by atoms with E-state index in [0.29, 0.717) is 0 Å². The molecule has 18 heavy (non-hydrogen) atoms. The Morgan fingerprint density at radius 2 is 1.83 bits per heavy atom. The quantitative estimate of drug-likeness (QED) is 0.906. The molecule has 0 aromatic heterocycles. The van der Waals surface area contributed by atoms with Gasteiger partial charge < -0.3 is 5.32 Å². The molecule has 1 unspecified atom stereocenters. The van der Waals surface area contributed by atoms with E-state index in [-0.39, 0.29) is 18.0 Å². The Balaban J connectivity index is 2.56. The molecular weight excluding hydrogens is 292 g/mol. The maximum Gasteiger partial charge on any atom is 0.237 e. The van der Waals surface area contributed by atoms with Crippen LogP contribution < -0.4 is 5.32 Å². The van der Waals surface area contributed by atoms with Gasteiger partial charge in [0.15, 0.2) is 0 Å². The van der Waals surface area contributed by atoms with E-state index in [1.165, 1.54) is 5.56 Å². The molecule has 0 fully saturated rings. The van der Waals surface area contributed by atoms with E-state index in [4.69, 9.17) is 0 Å². The van der Waals surface area contributed by atoms with Gasteiger partial charge in [-0.1, -0.05) is 28.1 Å². The van der Waals surface area contributed by atoms with E-state index in [9.17, 15) is 4.79 Å². The SMILES string of the molecule is CC(C)NC(=O)C(C)N(C)Cc1ccc(Br)cc1. The van der Waals surface area contributed by atoms with Gasteiger partial charge >= 0.3 is 0 Å². The zero-order valence-corrected chi connectivity index (χ0v) is 13.0. The first-order chi connectivity index (χ1) is 8.40. The van der Waals surface area contributed by atoms with Crippen molar-refractivity contribution in [2.24, 2.45) is 0 Å². The second kappa shape index (κ2) is 6.90. The highest BCUT2D eigenvalue weighted by Crippen LogP contribution is 2.12. The van der Waals surface area contributed by atoms with Crippen molar-refractivity contribution >= 4 is 21.8 Å². The molecule has 1 N–H and O–H groups in total. The smallest absolute Gasteiger partial charge is 0.237 e. The van der Waals surface area contributed by atoms with E-state index < -0.39 is 0 Å². The molecule has 0 radical (unpaired) electrons. The van der Waals surface area contributed by atoms with Crippen LogP contribution in [0.3, 0.4) is 0 Å². The van der Waals surface area contributed by atoms with E-state index in [2.05, 4.69) is 33.4 Å². The number of rotatable bonds is 5. The summed E-state index contributed by atoms with van der Waals surface area (Å²) in [7, 11) is 1.96. The minimum Gasteiger partial charge on any atom is -0.353 e. The first-order valence-corrected chi connectivity index (χ1v) is 6.94. The van der Waals surface area contributed by atoms with Crippen molar-refractivity contribution < 1.29 is 4.79 Å². The van der Waals surface area contributed by atoms with Gasteiger partial charge in [-0.2, -0.15) is 0 Å². The Kier molecular flexibility index (Phi) is 5.82. The van der Waals surface area contributed by atoms with Crippen molar-refractivity contribution in [2.45, 2.75) is 39.4 Å². The summed E-state index contributed by atoms with van der Waals surface area (Å²) >= 11 is 3.41. The van der Waals surface area contributed by atoms with Crippen LogP contribution in [0.5, 0.6) is 0 Å². The highest BCUT2D eigenvalue weighted by Gasteiger charge is 2.18. The molecule has 100 valence electrons. The van der Waals surface area contributed by atoms with Gasteiger partial charge in [0.2, 0.25) is 5.91 Å². The van der Waals surface area contributed by atoms with Crippen molar-refractivity contribution in [3.05, 3.63) is 34.3 Å². The summed E-state index contributed by atoms with van der Waals surface area (Å²) in [5.41, 5.74) is 1.20. The van der Waals surface area contributed by atoms with Gasteiger partial charge in [0.25, 0.3) is 0 Å². The van der Waals surface area contributed by atoms with E-state index in [0.717, 1.165) is 11.0 Å². The second-order valence-electron chi connectivity index (χ2n) is 4.88. The van der Waals surface area contributed by atoms with Gasteiger partial charge in [-0.15, -0.1) is 0 Å². The van der Waals surface area contributed by atoms with Crippen LogP contribution in [0.25, 0.3) is 0 Å². The van der Waals surface area contributed by atoms with Crippen LogP contribution >= 0.6 is 15.9 Å². The minimum atomic E-state index is -0.129. The molecule has 4 heteroatoms. The van der Waals surface area contributed by atoms with Crippen molar-refractivity contribution in [3.63, 3.8) is 0 Å². The number of nitrogens with one attached hydrogen (secondary N) is 1. The minimum absolute atomic E-state index is 0.0737. The first kappa shape index (κ1) is 15.2. The summed E-state index contributed by atoms with van der Waals surface area (Å²) in [6.45, 7) is 6.63. The Morgan fingerprint density at radius 3 is 2.33 bits per heavy atom. The van der Waals surface area contributed by atoms with Crippen LogP contribution in [0.4, 0.5) is 0 Å². The normalized spacial score (nSPS) is 12.8. The predicted octanol–water partition coefficient (Wildman–Crippen LogP) is 2.79. The summed E-state index contributed by atoms with van der Waals surface area (Å²) in [5, 5.41) is 2.93. The molecule has 1 rings (SSSR count). The number of carbonyl (C=O) groups is 1. The molecule has 0 bridgehead atoms. The number of likely N-dealkylation sites (N-methyl/N-ethyl adjacent to an activating group) is 1. The highest BCUT2D eigenvalue weighted by molar-refractivity contribution is 9.10. The van der Waals surface area contributed by atoms with Gasteiger partial charge in [-0.3, -0.25) is 9.69 Å². The second-order valence-corrected chi connectivity index (χ2v) is 5.80. The van der Waals surface area contributed by atoms with Crippen molar-refractivity contribution in [3.8, 4) is 0 Å². The number of halogens is 1. The third kappa shape index (κ3) is 4.78. The Labute approximate surface area is 118 Å². The number of hydrogen-bond donors (Lipinski definition) is 1. The molecule has 1 aromatic carbocycles. The predicted molar refractivity (Wildman–Crippen MR) is 78.3 cm³/mol. The lowest BCUT2D eigenvalue weighted by Crippen LogP contribution is -2.45. The summed E-state index contributed by atoms with van der Waals surface area (Å²) in [6.07, 6.45) is 0. The maximum absolute atomic E-state index is 11.9. The maximum atomic E-state index is 11.9. The zero-order valence-electron chi connectivity index (χ0n) is 11.4. The third-order valence-electron chi connectivity index (χ3n) is 2.82. The number of hydrogen-bond acceptors (Lipinski definition) is 2. The van der Waals surface area contributed by atoms with E-state index >= 15 is 0 Å². The summed E-state index contributed by atoms with van der Waals surface area (Å²) in [6, 6.07) is 8.21. The van der Waals surface area contributed by atoms with Crippen molar-refractivity contribution in [1.82, 2.24) is 10.2 Å². The molecule has 1 aromatic rings. The van der Waals surface area contributed by atoms with Crippen LogP contribution in [-0.4, -0.2) is 29.9 Å². The van der Waals surface area contributed by atoms with Crippen LogP contribution in [0, 0.1) is 0 Å². The summed E-state index contributed by atoms with van der Waals surface area (Å²) < 4.78 is 1.07. The molecule has 0 aliphatic carbocycles. The molecule has 3 nitrogen and oxygen atoms in total. The van der Waals surface area contributed by atoms with Gasteiger partial charge in [0.05, 0.1) is 6.04 Å². The lowest BCUT2D eigenvalue weighted by atomic mass is 10.2. The average molecular weight is 313 g/mol. The molecule has 0 spiro atoms. The molecule has 1 amide bonds. The molecule has 0 heterocycles. The van der Waals surface area contributed by atoms with Gasteiger partial charge in [-0.05, 0) is 45.5 Å². The number of carbonyl (C=O) groups excluding carboxylic acids is 1. The first-order valence-electron chi connectivity index (χ1n) is 6.15. The zero-order chi connectivity index (χ0) is 13.7. The number of benzene rings is 1. The molecule has 0 aliphatic rings. The topological polar surface area (TPSA) is 32.3 Å². The van der Waals surface area contributed by atoms with Crippen molar-refractivity contribution in [2.75, 3.05) is 7.05 Å². The largest absolute Gasteiger partial charge is 0.353 e. The Hall–Kier alpha value is -0.870. The summed E-state index contributed by atoms with van der Waals surface area (Å²) in [5.74, 6) is 0.0737. The van der Waals surface area contributed by atoms with Gasteiger partial charge in [-0.25, -0.2) is 0 Å². The van der Waals surface area contributed by atoms with Gasteiger partial charge in [0.1, 0.15) is 0 Å². The Morgan fingerprint density at radius 1 is 1.28 bits per heavy atom. The van der Waals surface area contributed by atoms with E-state index in [1.54, 1.807) is 0 Å². The lowest BCUT2D eigenvalue weighted by molar-refractivity contribution is -0.126. The molecule has 0 aliphatic heterocycles. The monoisotopic (exact) mass is 312 g/mol. The van der Waals surface area contributed by atoms with Crippen LogP contribution in [-0.2, 0) is 11.3 Å². The molecule has 1 atom stereocenters. The fraction of sp³-hybridized carbons (Fsp3) is 0.500. The molecular formula is C14H21BrN2O. The average Bonchev–Trinajstić information content (AvgIpc) is 2.30. The molecule has 0 saturated heterocycles. The number of nitrogens with zero attached hydrogens (tertiary/aromatic N) is 1. The van der Waals surface area contributed by atoms with Crippen LogP contribution in [0.1, 0.15) is 26.3 Å². The van der Waals surface area contributed by atoms with E-state index in [1.807, 2.05) is 44.9 Å². The highest BCUT2D eigenvalue weighted by atomic mass is 79.9. The van der Waals surface area contributed by atoms with Crippen molar-refractivity contribution in [1.29, 1.82) is 0 Å². The fourth-order valence-electron chi connectivity index (χ4n) is 1.62. The lowest BCUT2D eigenvalue weighted by Gasteiger charge is -2.24. The fourth-order valence-corrected chi connectivity index (χ4v) is 1.88. The number of amides is 1. The van der Waals surface area contributed by atoms with Crippen LogP contribution in [0.2, 0.25) is 0 Å². The Bertz CT molecular complexity index is 389. The van der Waals surface area contributed by atoms with Crippen LogP contribution in [0.15, 0.2) is 28.7 Å².